The van der Waals surface area contributed by atoms with Crippen LogP contribution in [0.3, 0.4) is 0 Å². The monoisotopic (exact) mass is 348 g/mol. The molecule has 0 radical (unpaired) electrons. The number of aromatic nitrogens is 2. The van der Waals surface area contributed by atoms with Crippen LogP contribution in [-0.4, -0.2) is 18.4 Å². The quantitative estimate of drug-likeness (QED) is 0.755. The summed E-state index contributed by atoms with van der Waals surface area (Å²) < 4.78 is 22.5. The summed E-state index contributed by atoms with van der Waals surface area (Å²) in [5.41, 5.74) is 2.12. The maximum atomic E-state index is 11.3. The van der Waals surface area contributed by atoms with Crippen LogP contribution in [0.25, 0.3) is 10.2 Å². The average molecular weight is 348 g/mol. The molecule has 0 atom stereocenters. The Morgan fingerprint density at radius 3 is 2.52 bits per heavy atom. The molecule has 0 saturated heterocycles. The molecule has 0 spiro atoms. The molecule has 0 aliphatic carbocycles. The van der Waals surface area contributed by atoms with E-state index in [-0.39, 0.29) is 4.90 Å². The van der Waals surface area contributed by atoms with Crippen molar-refractivity contribution in [3.8, 4) is 0 Å². The van der Waals surface area contributed by atoms with E-state index in [9.17, 15) is 8.42 Å². The number of benzene rings is 1. The van der Waals surface area contributed by atoms with Gasteiger partial charge in [0.25, 0.3) is 0 Å². The van der Waals surface area contributed by atoms with Crippen molar-refractivity contribution in [1.82, 2.24) is 9.97 Å². The van der Waals surface area contributed by atoms with Gasteiger partial charge in [0, 0.05) is 11.4 Å². The number of hydrogen-bond donors (Lipinski definition) is 2. The van der Waals surface area contributed by atoms with Gasteiger partial charge >= 0.3 is 0 Å². The van der Waals surface area contributed by atoms with Crippen LogP contribution in [0.15, 0.2) is 35.5 Å². The Balaban J connectivity index is 1.84. The third-order valence-corrected chi connectivity index (χ3v) is 5.72. The minimum absolute atomic E-state index is 0.106. The van der Waals surface area contributed by atoms with Crippen molar-refractivity contribution >= 4 is 37.4 Å². The molecule has 0 unspecified atom stereocenters. The summed E-state index contributed by atoms with van der Waals surface area (Å²) in [5, 5.41) is 9.42. The Labute approximate surface area is 138 Å². The molecule has 3 aromatic rings. The first-order valence-electron chi connectivity index (χ1n) is 6.92. The van der Waals surface area contributed by atoms with Crippen LogP contribution >= 0.6 is 11.3 Å². The summed E-state index contributed by atoms with van der Waals surface area (Å²) in [6, 6.07) is 6.47. The minimum Gasteiger partial charge on any atom is -0.365 e. The first-order chi connectivity index (χ1) is 10.9. The van der Waals surface area contributed by atoms with Gasteiger partial charge in [-0.3, -0.25) is 0 Å². The van der Waals surface area contributed by atoms with Gasteiger partial charge in [0.1, 0.15) is 17.0 Å². The van der Waals surface area contributed by atoms with E-state index >= 15 is 0 Å². The van der Waals surface area contributed by atoms with Gasteiger partial charge in [0.15, 0.2) is 0 Å². The fourth-order valence-electron chi connectivity index (χ4n) is 2.30. The number of nitrogens with two attached hydrogens (primary N) is 1. The second-order valence-electron chi connectivity index (χ2n) is 5.23. The number of nitrogens with one attached hydrogen (secondary N) is 1. The van der Waals surface area contributed by atoms with Gasteiger partial charge in [0.05, 0.1) is 10.3 Å². The summed E-state index contributed by atoms with van der Waals surface area (Å²) >= 11 is 1.65. The van der Waals surface area contributed by atoms with Gasteiger partial charge in [-0.2, -0.15) is 0 Å². The molecule has 0 aliphatic heterocycles. The van der Waals surface area contributed by atoms with Gasteiger partial charge in [-0.25, -0.2) is 23.5 Å². The number of thiophene rings is 1. The Hall–Kier alpha value is -2.03. The zero-order chi connectivity index (χ0) is 16.6. The number of anilines is 1. The summed E-state index contributed by atoms with van der Waals surface area (Å²) in [5.74, 6) is 0.785. The zero-order valence-electron chi connectivity index (χ0n) is 12.7. The number of sulfonamides is 1. The van der Waals surface area contributed by atoms with Crippen LogP contribution in [0.1, 0.15) is 16.0 Å². The smallest absolute Gasteiger partial charge is 0.238 e. The summed E-state index contributed by atoms with van der Waals surface area (Å²) in [7, 11) is -3.66. The fourth-order valence-corrected chi connectivity index (χ4v) is 3.81. The second-order valence-corrected chi connectivity index (χ2v) is 7.99. The molecule has 0 fully saturated rings. The highest BCUT2D eigenvalue weighted by Gasteiger charge is 2.12. The number of primary sulfonamides is 1. The third kappa shape index (κ3) is 3.19. The Bertz CT molecular complexity index is 963. The Morgan fingerprint density at radius 1 is 1.17 bits per heavy atom. The van der Waals surface area contributed by atoms with E-state index in [1.807, 2.05) is 0 Å². The maximum absolute atomic E-state index is 11.3. The van der Waals surface area contributed by atoms with Crippen LogP contribution in [0, 0.1) is 13.8 Å². The summed E-state index contributed by atoms with van der Waals surface area (Å²) in [6.07, 6.45) is 1.55. The van der Waals surface area contributed by atoms with Crippen molar-refractivity contribution in [3.63, 3.8) is 0 Å². The standard InChI is InChI=1S/C15H16N4O2S2/c1-9-10(2)22-15-13(9)14(18-8-19-15)17-7-11-3-5-12(6-4-11)23(16,20)21/h3-6,8H,7H2,1-2H3,(H2,16,20,21)(H,17,18,19). The lowest BCUT2D eigenvalue weighted by atomic mass is 10.2. The molecular weight excluding hydrogens is 332 g/mol. The van der Waals surface area contributed by atoms with Gasteiger partial charge in [-0.05, 0) is 37.1 Å². The molecule has 8 heteroatoms. The predicted molar refractivity (Wildman–Crippen MR) is 92.0 cm³/mol. The summed E-state index contributed by atoms with van der Waals surface area (Å²) in [6.45, 7) is 4.66. The van der Waals surface area contributed by atoms with Gasteiger partial charge in [-0.15, -0.1) is 11.3 Å². The van der Waals surface area contributed by atoms with Gasteiger partial charge < -0.3 is 5.32 Å². The molecule has 0 amide bonds. The highest BCUT2D eigenvalue weighted by atomic mass is 32.2. The summed E-state index contributed by atoms with van der Waals surface area (Å²) in [4.78, 5) is 10.9. The molecule has 3 rings (SSSR count). The highest BCUT2D eigenvalue weighted by Crippen LogP contribution is 2.32. The SMILES string of the molecule is Cc1sc2ncnc(NCc3ccc(S(N)(=O)=O)cc3)c2c1C. The molecule has 2 aromatic heterocycles. The lowest BCUT2D eigenvalue weighted by molar-refractivity contribution is 0.598. The average Bonchev–Trinajstić information content (AvgIpc) is 2.80. The number of aryl methyl sites for hydroxylation is 2. The van der Waals surface area contributed by atoms with E-state index in [2.05, 4.69) is 29.1 Å². The van der Waals surface area contributed by atoms with E-state index in [0.717, 1.165) is 21.6 Å². The molecule has 23 heavy (non-hydrogen) atoms. The van der Waals surface area contributed by atoms with Crippen molar-refractivity contribution < 1.29 is 8.42 Å². The molecule has 6 nitrogen and oxygen atoms in total. The van der Waals surface area contributed by atoms with Crippen LogP contribution in [0.4, 0.5) is 5.82 Å². The van der Waals surface area contributed by atoms with E-state index < -0.39 is 10.0 Å². The molecule has 3 N–H and O–H groups in total. The number of rotatable bonds is 4. The predicted octanol–water partition coefficient (Wildman–Crippen LogP) is 2.57. The van der Waals surface area contributed by atoms with Crippen molar-refractivity contribution in [1.29, 1.82) is 0 Å². The normalized spacial score (nSPS) is 11.8. The minimum atomic E-state index is -3.66. The first kappa shape index (κ1) is 15.9. The molecule has 0 bridgehead atoms. The third-order valence-electron chi connectivity index (χ3n) is 3.68. The van der Waals surface area contributed by atoms with Crippen LogP contribution in [0.2, 0.25) is 0 Å². The topological polar surface area (TPSA) is 98.0 Å². The molecule has 0 saturated carbocycles. The van der Waals surface area contributed by atoms with E-state index in [4.69, 9.17) is 5.14 Å². The van der Waals surface area contributed by atoms with Crippen molar-refractivity contribution in [3.05, 3.63) is 46.6 Å². The van der Waals surface area contributed by atoms with Gasteiger partial charge in [-0.1, -0.05) is 12.1 Å². The fraction of sp³-hybridized carbons (Fsp3) is 0.200. The van der Waals surface area contributed by atoms with E-state index in [1.165, 1.54) is 22.6 Å². The van der Waals surface area contributed by atoms with E-state index in [0.29, 0.717) is 6.54 Å². The van der Waals surface area contributed by atoms with Crippen molar-refractivity contribution in [2.75, 3.05) is 5.32 Å². The lowest BCUT2D eigenvalue weighted by Gasteiger charge is -2.08. The Kier molecular flexibility index (Phi) is 4.05. The molecule has 2 heterocycles. The molecule has 1 aromatic carbocycles. The lowest BCUT2D eigenvalue weighted by Crippen LogP contribution is -2.12. The molecule has 120 valence electrons. The van der Waals surface area contributed by atoms with Crippen LogP contribution < -0.4 is 10.5 Å². The van der Waals surface area contributed by atoms with Gasteiger partial charge in [0.2, 0.25) is 10.0 Å². The van der Waals surface area contributed by atoms with Crippen molar-refractivity contribution in [2.45, 2.75) is 25.3 Å². The maximum Gasteiger partial charge on any atom is 0.238 e. The van der Waals surface area contributed by atoms with Crippen LogP contribution in [0.5, 0.6) is 0 Å². The molecular formula is C15H16N4O2S2. The number of fused-ring (bicyclic) bond motifs is 1. The zero-order valence-corrected chi connectivity index (χ0v) is 14.3. The highest BCUT2D eigenvalue weighted by molar-refractivity contribution is 7.89. The van der Waals surface area contributed by atoms with E-state index in [1.54, 1.807) is 29.8 Å². The largest absolute Gasteiger partial charge is 0.365 e. The second kappa shape index (κ2) is 5.88. The Morgan fingerprint density at radius 2 is 1.87 bits per heavy atom. The van der Waals surface area contributed by atoms with Crippen LogP contribution in [-0.2, 0) is 16.6 Å². The number of nitrogens with zero attached hydrogens (tertiary/aromatic N) is 2. The number of hydrogen-bond acceptors (Lipinski definition) is 6. The first-order valence-corrected chi connectivity index (χ1v) is 9.29. The van der Waals surface area contributed by atoms with Crippen molar-refractivity contribution in [2.24, 2.45) is 5.14 Å². The molecule has 0 aliphatic rings.